The van der Waals surface area contributed by atoms with Crippen molar-refractivity contribution in [1.29, 1.82) is 0 Å². The van der Waals surface area contributed by atoms with Crippen LogP contribution in [0.3, 0.4) is 0 Å². The summed E-state index contributed by atoms with van der Waals surface area (Å²) in [5.41, 5.74) is 1.38. The molecule has 0 heterocycles. The molecule has 0 aromatic rings. The van der Waals surface area contributed by atoms with E-state index in [0.717, 1.165) is 18.4 Å². The van der Waals surface area contributed by atoms with Gasteiger partial charge in [0.25, 0.3) is 0 Å². The van der Waals surface area contributed by atoms with Crippen LogP contribution in [0.5, 0.6) is 0 Å². The Bertz CT molecular complexity index is 271. The van der Waals surface area contributed by atoms with E-state index in [1.807, 2.05) is 6.08 Å². The van der Waals surface area contributed by atoms with Gasteiger partial charge in [-0.3, -0.25) is 0 Å². The molecule has 1 heteroatoms. The van der Waals surface area contributed by atoms with Crippen LogP contribution in [-0.2, 0) is 0 Å². The second kappa shape index (κ2) is 9.36. The smallest absolute Gasteiger partial charge is 0.00205 e. The zero-order valence-corrected chi connectivity index (χ0v) is 13.3. The summed E-state index contributed by atoms with van der Waals surface area (Å²) in [6, 6.07) is 0. The topological polar surface area (TPSA) is 12.0 Å². The first kappa shape index (κ1) is 16.5. The maximum Gasteiger partial charge on any atom is -0.00205 e. The third-order valence-corrected chi connectivity index (χ3v) is 4.87. The van der Waals surface area contributed by atoms with Crippen LogP contribution in [0, 0.1) is 17.8 Å². The molecule has 0 spiro atoms. The summed E-state index contributed by atoms with van der Waals surface area (Å²) >= 11 is 0. The molecule has 0 saturated heterocycles. The van der Waals surface area contributed by atoms with E-state index in [9.17, 15) is 0 Å². The zero-order chi connectivity index (χ0) is 14.1. The van der Waals surface area contributed by atoms with Crippen LogP contribution in [0.2, 0.25) is 0 Å². The van der Waals surface area contributed by atoms with Crippen molar-refractivity contribution in [3.63, 3.8) is 0 Å². The Morgan fingerprint density at radius 1 is 1.26 bits per heavy atom. The Morgan fingerprint density at radius 3 is 2.42 bits per heavy atom. The van der Waals surface area contributed by atoms with E-state index in [-0.39, 0.29) is 0 Å². The molecule has 19 heavy (non-hydrogen) atoms. The zero-order valence-electron chi connectivity index (χ0n) is 13.3. The van der Waals surface area contributed by atoms with Gasteiger partial charge in [0.2, 0.25) is 0 Å². The van der Waals surface area contributed by atoms with Crippen LogP contribution in [0.4, 0.5) is 0 Å². The third-order valence-electron chi connectivity index (χ3n) is 4.87. The van der Waals surface area contributed by atoms with Crippen molar-refractivity contribution in [3.05, 3.63) is 24.3 Å². The van der Waals surface area contributed by atoms with Gasteiger partial charge in [0.1, 0.15) is 0 Å². The third kappa shape index (κ3) is 5.95. The minimum atomic E-state index is 0.630. The lowest BCUT2D eigenvalue weighted by Gasteiger charge is -2.28. The molecule has 1 aliphatic carbocycles. The standard InChI is InChI=1S/C18H33N/c1-5-16-8-10-17(11-9-16)14-19-13-12-15(4)18(6-2)7-3/h6-7,15-17,19H,2,5,8-14H2,1,3-4H3/b18-7+. The minimum Gasteiger partial charge on any atom is -0.316 e. The molecule has 0 aromatic heterocycles. The summed E-state index contributed by atoms with van der Waals surface area (Å²) < 4.78 is 0. The highest BCUT2D eigenvalue weighted by Crippen LogP contribution is 2.30. The van der Waals surface area contributed by atoms with Crippen molar-refractivity contribution in [2.24, 2.45) is 17.8 Å². The van der Waals surface area contributed by atoms with Gasteiger partial charge in [0.15, 0.2) is 0 Å². The maximum absolute atomic E-state index is 3.88. The van der Waals surface area contributed by atoms with E-state index in [4.69, 9.17) is 0 Å². The Balaban J connectivity index is 2.10. The van der Waals surface area contributed by atoms with E-state index in [0.29, 0.717) is 5.92 Å². The monoisotopic (exact) mass is 263 g/mol. The Morgan fingerprint density at radius 2 is 1.89 bits per heavy atom. The predicted molar refractivity (Wildman–Crippen MR) is 86.3 cm³/mol. The highest BCUT2D eigenvalue weighted by atomic mass is 14.9. The Labute approximate surface area is 120 Å². The average Bonchev–Trinajstić information content (AvgIpc) is 2.45. The van der Waals surface area contributed by atoms with Crippen molar-refractivity contribution in [2.75, 3.05) is 13.1 Å². The number of nitrogens with one attached hydrogen (secondary N) is 1. The first-order valence-corrected chi connectivity index (χ1v) is 8.20. The molecule has 0 amide bonds. The van der Waals surface area contributed by atoms with Crippen molar-refractivity contribution in [1.82, 2.24) is 5.32 Å². The summed E-state index contributed by atoms with van der Waals surface area (Å²) in [5, 5.41) is 3.66. The van der Waals surface area contributed by atoms with Crippen molar-refractivity contribution in [3.8, 4) is 0 Å². The molecule has 0 aromatic carbocycles. The van der Waals surface area contributed by atoms with Crippen LogP contribution in [0.25, 0.3) is 0 Å². The molecule has 1 nitrogen and oxygen atoms in total. The second-order valence-electron chi connectivity index (χ2n) is 6.18. The van der Waals surface area contributed by atoms with Crippen molar-refractivity contribution in [2.45, 2.75) is 59.3 Å². The van der Waals surface area contributed by atoms with Crippen molar-refractivity contribution < 1.29 is 0 Å². The summed E-state index contributed by atoms with van der Waals surface area (Å²) in [4.78, 5) is 0. The van der Waals surface area contributed by atoms with Crippen LogP contribution >= 0.6 is 0 Å². The molecule has 1 unspecified atom stereocenters. The molecule has 0 bridgehead atoms. The summed E-state index contributed by atoms with van der Waals surface area (Å²) in [7, 11) is 0. The molecule has 0 radical (unpaired) electrons. The van der Waals surface area contributed by atoms with E-state index in [2.05, 4.69) is 38.7 Å². The van der Waals surface area contributed by atoms with Gasteiger partial charge in [-0.1, -0.05) is 51.8 Å². The largest absolute Gasteiger partial charge is 0.316 e. The molecule has 1 saturated carbocycles. The number of hydrogen-bond donors (Lipinski definition) is 1. The molecule has 1 N–H and O–H groups in total. The number of rotatable bonds is 8. The summed E-state index contributed by atoms with van der Waals surface area (Å²) in [6.07, 6.45) is 12.6. The molecule has 1 aliphatic rings. The first-order chi connectivity index (χ1) is 9.21. The normalized spacial score (nSPS) is 26.2. The molecule has 0 aliphatic heterocycles. The predicted octanol–water partition coefficient (Wildman–Crippen LogP) is 4.95. The Kier molecular flexibility index (Phi) is 8.13. The van der Waals surface area contributed by atoms with E-state index in [1.165, 1.54) is 50.6 Å². The molecular weight excluding hydrogens is 230 g/mol. The SMILES string of the molecule is C=C/C(=C\C)C(C)CCNCC1CCC(CC)CC1. The van der Waals surface area contributed by atoms with Gasteiger partial charge in [-0.25, -0.2) is 0 Å². The lowest BCUT2D eigenvalue weighted by Crippen LogP contribution is -2.28. The van der Waals surface area contributed by atoms with Crippen LogP contribution in [-0.4, -0.2) is 13.1 Å². The van der Waals surface area contributed by atoms with Gasteiger partial charge >= 0.3 is 0 Å². The van der Waals surface area contributed by atoms with E-state index in [1.54, 1.807) is 0 Å². The van der Waals surface area contributed by atoms with Gasteiger partial charge < -0.3 is 5.32 Å². The Hall–Kier alpha value is -0.560. The van der Waals surface area contributed by atoms with Crippen LogP contribution in [0.15, 0.2) is 24.3 Å². The molecule has 110 valence electrons. The fourth-order valence-electron chi connectivity index (χ4n) is 3.24. The van der Waals surface area contributed by atoms with Gasteiger partial charge in [0.05, 0.1) is 0 Å². The fourth-order valence-corrected chi connectivity index (χ4v) is 3.24. The first-order valence-electron chi connectivity index (χ1n) is 8.20. The molecular formula is C18H33N. The highest BCUT2D eigenvalue weighted by Gasteiger charge is 2.19. The molecule has 1 fully saturated rings. The summed E-state index contributed by atoms with van der Waals surface area (Å²) in [6.45, 7) is 13.0. The lowest BCUT2D eigenvalue weighted by atomic mass is 9.81. The van der Waals surface area contributed by atoms with Gasteiger partial charge in [0, 0.05) is 0 Å². The summed E-state index contributed by atoms with van der Waals surface area (Å²) in [5.74, 6) is 2.57. The fraction of sp³-hybridized carbons (Fsp3) is 0.778. The quantitative estimate of drug-likeness (QED) is 0.482. The number of hydrogen-bond acceptors (Lipinski definition) is 1. The molecule has 1 atom stereocenters. The molecule has 1 rings (SSSR count). The maximum atomic E-state index is 3.88. The second-order valence-corrected chi connectivity index (χ2v) is 6.18. The van der Waals surface area contributed by atoms with Gasteiger partial charge in [-0.15, -0.1) is 0 Å². The van der Waals surface area contributed by atoms with E-state index < -0.39 is 0 Å². The highest BCUT2D eigenvalue weighted by molar-refractivity contribution is 5.17. The van der Waals surface area contributed by atoms with Gasteiger partial charge in [-0.2, -0.15) is 0 Å². The van der Waals surface area contributed by atoms with Crippen LogP contribution in [0.1, 0.15) is 59.3 Å². The minimum absolute atomic E-state index is 0.630. The van der Waals surface area contributed by atoms with E-state index >= 15 is 0 Å². The average molecular weight is 263 g/mol. The van der Waals surface area contributed by atoms with Crippen molar-refractivity contribution >= 4 is 0 Å². The van der Waals surface area contributed by atoms with Crippen LogP contribution < -0.4 is 5.32 Å². The number of allylic oxidation sites excluding steroid dienone is 3. The lowest BCUT2D eigenvalue weighted by molar-refractivity contribution is 0.262. The van der Waals surface area contributed by atoms with Gasteiger partial charge in [-0.05, 0) is 62.6 Å².